The number of hydrogen-bond donors (Lipinski definition) is 2. The number of aromatic nitrogens is 1. The normalized spacial score (nSPS) is 11.8. The van der Waals surface area contributed by atoms with Gasteiger partial charge in [-0.2, -0.15) is 0 Å². The van der Waals surface area contributed by atoms with Crippen molar-refractivity contribution < 1.29 is 19.4 Å². The second-order valence-electron chi connectivity index (χ2n) is 4.90. The summed E-state index contributed by atoms with van der Waals surface area (Å²) >= 11 is 9.11. The summed E-state index contributed by atoms with van der Waals surface area (Å²) in [6.45, 7) is 0.641. The minimum Gasteiger partial charge on any atom is -0.475 e. The Morgan fingerprint density at radius 3 is 2.75 bits per heavy atom. The largest absolute Gasteiger partial charge is 0.475 e. The molecular weight excluding hydrogens is 400 g/mol. The average Bonchev–Trinajstić information content (AvgIpc) is 2.54. The smallest absolute Gasteiger partial charge is 0.405 e. The average molecular weight is 416 g/mol. The molecule has 0 fully saturated rings. The molecule has 2 N–H and O–H groups in total. The van der Waals surface area contributed by atoms with Gasteiger partial charge in [-0.3, -0.25) is 0 Å². The van der Waals surface area contributed by atoms with Gasteiger partial charge in [-0.1, -0.05) is 41.9 Å². The van der Waals surface area contributed by atoms with E-state index < -0.39 is 12.1 Å². The molecule has 128 valence electrons. The number of pyridine rings is 1. The van der Waals surface area contributed by atoms with Gasteiger partial charge in [-0.25, -0.2) is 9.78 Å². The molecule has 1 aromatic carbocycles. The number of ether oxygens (including phenoxy) is 2. The summed E-state index contributed by atoms with van der Waals surface area (Å²) in [5, 5.41) is 11.8. The summed E-state index contributed by atoms with van der Waals surface area (Å²) in [5.41, 5.74) is 1.01. The van der Waals surface area contributed by atoms with Crippen LogP contribution in [0.5, 0.6) is 5.88 Å². The Bertz CT molecular complexity index is 672. The summed E-state index contributed by atoms with van der Waals surface area (Å²) in [6.07, 6.45) is 0.308. The maximum atomic E-state index is 10.9. The second kappa shape index (κ2) is 9.46. The summed E-state index contributed by atoms with van der Waals surface area (Å²) in [4.78, 5) is 14.9. The van der Waals surface area contributed by atoms with Crippen molar-refractivity contribution in [2.24, 2.45) is 0 Å². The lowest BCUT2D eigenvalue weighted by Gasteiger charge is -2.18. The molecule has 0 bridgehead atoms. The van der Waals surface area contributed by atoms with Gasteiger partial charge in [0.25, 0.3) is 0 Å². The lowest BCUT2D eigenvalue weighted by Crippen LogP contribution is -2.41. The van der Waals surface area contributed by atoms with Crippen molar-refractivity contribution in [2.45, 2.75) is 12.6 Å². The molecule has 0 saturated carbocycles. The molecule has 1 atom stereocenters. The SMILES string of the molecule is O=C(O)NC(COCc1ccccc1)COc1ncc(Cl)cc1Br. The highest BCUT2D eigenvalue weighted by Gasteiger charge is 2.14. The molecule has 0 aliphatic heterocycles. The van der Waals surface area contributed by atoms with E-state index in [-0.39, 0.29) is 13.2 Å². The third kappa shape index (κ3) is 6.35. The van der Waals surface area contributed by atoms with Gasteiger partial charge in [0.15, 0.2) is 0 Å². The fourth-order valence-electron chi connectivity index (χ4n) is 1.89. The zero-order valence-electron chi connectivity index (χ0n) is 12.6. The Kier molecular flexibility index (Phi) is 7.30. The van der Waals surface area contributed by atoms with Gasteiger partial charge in [0, 0.05) is 6.20 Å². The Hall–Kier alpha value is -1.83. The van der Waals surface area contributed by atoms with Crippen LogP contribution in [-0.4, -0.2) is 35.4 Å². The van der Waals surface area contributed by atoms with Crippen LogP contribution in [0.4, 0.5) is 4.79 Å². The summed E-state index contributed by atoms with van der Waals surface area (Å²) in [5.74, 6) is 0.333. The van der Waals surface area contributed by atoms with Crippen molar-refractivity contribution in [3.63, 3.8) is 0 Å². The maximum Gasteiger partial charge on any atom is 0.405 e. The van der Waals surface area contributed by atoms with E-state index in [1.165, 1.54) is 6.20 Å². The minimum atomic E-state index is -1.14. The first-order valence-electron chi connectivity index (χ1n) is 7.09. The van der Waals surface area contributed by atoms with E-state index >= 15 is 0 Å². The van der Waals surface area contributed by atoms with Crippen molar-refractivity contribution in [2.75, 3.05) is 13.2 Å². The number of halogens is 2. The van der Waals surface area contributed by atoms with Crippen molar-refractivity contribution in [1.29, 1.82) is 0 Å². The molecule has 0 saturated heterocycles. The van der Waals surface area contributed by atoms with Gasteiger partial charge in [-0.05, 0) is 27.6 Å². The minimum absolute atomic E-state index is 0.0777. The van der Waals surface area contributed by atoms with Crippen molar-refractivity contribution in [1.82, 2.24) is 10.3 Å². The molecule has 0 spiro atoms. The van der Waals surface area contributed by atoms with E-state index in [1.807, 2.05) is 30.3 Å². The topological polar surface area (TPSA) is 80.7 Å². The van der Waals surface area contributed by atoms with Crippen molar-refractivity contribution in [3.05, 3.63) is 57.7 Å². The predicted octanol–water partition coefficient (Wildman–Crippen LogP) is 3.73. The highest BCUT2D eigenvalue weighted by molar-refractivity contribution is 9.10. The zero-order chi connectivity index (χ0) is 17.4. The number of nitrogens with zero attached hydrogens (tertiary/aromatic N) is 1. The van der Waals surface area contributed by atoms with E-state index in [0.717, 1.165) is 5.56 Å². The van der Waals surface area contributed by atoms with Crippen LogP contribution in [0.15, 0.2) is 47.1 Å². The number of hydrogen-bond acceptors (Lipinski definition) is 4. The summed E-state index contributed by atoms with van der Waals surface area (Å²) in [6, 6.07) is 10.7. The first-order chi connectivity index (χ1) is 11.5. The lowest BCUT2D eigenvalue weighted by molar-refractivity contribution is 0.0800. The molecular formula is C16H16BrClN2O4. The van der Waals surface area contributed by atoms with E-state index in [2.05, 4.69) is 26.2 Å². The van der Waals surface area contributed by atoms with Gasteiger partial charge in [0.2, 0.25) is 5.88 Å². The molecule has 8 heteroatoms. The van der Waals surface area contributed by atoms with Crippen LogP contribution in [0, 0.1) is 0 Å². The number of benzene rings is 1. The molecule has 24 heavy (non-hydrogen) atoms. The number of rotatable bonds is 8. The van der Waals surface area contributed by atoms with Crippen LogP contribution >= 0.6 is 27.5 Å². The third-order valence-electron chi connectivity index (χ3n) is 2.95. The number of carbonyl (C=O) groups is 1. The lowest BCUT2D eigenvalue weighted by atomic mass is 10.2. The van der Waals surface area contributed by atoms with Crippen LogP contribution in [-0.2, 0) is 11.3 Å². The van der Waals surface area contributed by atoms with E-state index in [9.17, 15) is 4.79 Å². The van der Waals surface area contributed by atoms with Crippen LogP contribution < -0.4 is 10.1 Å². The van der Waals surface area contributed by atoms with Gasteiger partial charge in [-0.15, -0.1) is 0 Å². The van der Waals surface area contributed by atoms with Crippen molar-refractivity contribution >= 4 is 33.6 Å². The molecule has 2 aromatic rings. The van der Waals surface area contributed by atoms with Crippen LogP contribution in [0.2, 0.25) is 5.02 Å². The number of amides is 1. The first kappa shape index (κ1) is 18.5. The molecule has 0 aliphatic carbocycles. The fraction of sp³-hybridized carbons (Fsp3) is 0.250. The summed E-state index contributed by atoms with van der Waals surface area (Å²) in [7, 11) is 0. The summed E-state index contributed by atoms with van der Waals surface area (Å²) < 4.78 is 11.7. The van der Waals surface area contributed by atoms with E-state index in [0.29, 0.717) is 22.0 Å². The Morgan fingerprint density at radius 1 is 1.33 bits per heavy atom. The Balaban J connectivity index is 1.86. The maximum absolute atomic E-state index is 10.9. The second-order valence-corrected chi connectivity index (χ2v) is 6.19. The Labute approximate surface area is 152 Å². The number of carboxylic acid groups (broad SMARTS) is 1. The molecule has 6 nitrogen and oxygen atoms in total. The molecule has 1 unspecified atom stereocenters. The molecule has 0 aliphatic rings. The van der Waals surface area contributed by atoms with Crippen LogP contribution in [0.1, 0.15) is 5.56 Å². The highest BCUT2D eigenvalue weighted by Crippen LogP contribution is 2.25. The van der Waals surface area contributed by atoms with Crippen molar-refractivity contribution in [3.8, 4) is 5.88 Å². The third-order valence-corrected chi connectivity index (χ3v) is 3.73. The highest BCUT2D eigenvalue weighted by atomic mass is 79.9. The van der Waals surface area contributed by atoms with E-state index in [1.54, 1.807) is 6.07 Å². The van der Waals surface area contributed by atoms with Gasteiger partial charge in [0.1, 0.15) is 6.61 Å². The Morgan fingerprint density at radius 2 is 2.08 bits per heavy atom. The van der Waals surface area contributed by atoms with Crippen LogP contribution in [0.3, 0.4) is 0 Å². The quantitative estimate of drug-likeness (QED) is 0.687. The van der Waals surface area contributed by atoms with Gasteiger partial charge < -0.3 is 19.9 Å². The van der Waals surface area contributed by atoms with Gasteiger partial charge >= 0.3 is 6.09 Å². The molecule has 1 aromatic heterocycles. The molecule has 1 amide bonds. The monoisotopic (exact) mass is 414 g/mol. The first-order valence-corrected chi connectivity index (χ1v) is 8.26. The zero-order valence-corrected chi connectivity index (χ0v) is 15.0. The fourth-order valence-corrected chi connectivity index (χ4v) is 2.64. The van der Waals surface area contributed by atoms with E-state index in [4.69, 9.17) is 26.2 Å². The van der Waals surface area contributed by atoms with Gasteiger partial charge in [0.05, 0.1) is 28.8 Å². The molecule has 2 rings (SSSR count). The number of nitrogens with one attached hydrogen (secondary N) is 1. The molecule has 1 heterocycles. The standard InChI is InChI=1S/C16H16BrClN2O4/c17-14-6-12(18)7-19-15(14)24-10-13(20-16(21)22)9-23-8-11-4-2-1-3-5-11/h1-7,13,20H,8-10H2,(H,21,22). The molecule has 0 radical (unpaired) electrons. The van der Waals surface area contributed by atoms with Crippen LogP contribution in [0.25, 0.3) is 0 Å². The predicted molar refractivity (Wildman–Crippen MR) is 93.5 cm³/mol.